The Morgan fingerprint density at radius 3 is 2.22 bits per heavy atom. The molecule has 2 rings (SSSR count). The van der Waals surface area contributed by atoms with Crippen molar-refractivity contribution < 1.29 is 24.2 Å². The highest BCUT2D eigenvalue weighted by Crippen LogP contribution is 2.29. The molecule has 0 saturated heterocycles. The molecule has 0 bridgehead atoms. The minimum Gasteiger partial charge on any atom is -0.497 e. The number of carboxylic acids is 1. The van der Waals surface area contributed by atoms with E-state index < -0.39 is 23.5 Å². The quantitative estimate of drug-likeness (QED) is 0.840. The number of amides is 1. The van der Waals surface area contributed by atoms with Crippen LogP contribution in [0.25, 0.3) is 0 Å². The van der Waals surface area contributed by atoms with Gasteiger partial charge in [0.15, 0.2) is 6.10 Å². The Morgan fingerprint density at radius 2 is 1.70 bits per heavy atom. The second-order valence-electron chi connectivity index (χ2n) is 5.87. The van der Waals surface area contributed by atoms with Crippen molar-refractivity contribution in [1.82, 2.24) is 5.32 Å². The van der Waals surface area contributed by atoms with Gasteiger partial charge in [0, 0.05) is 0 Å². The third kappa shape index (κ3) is 4.15. The number of carbonyl (C=O) groups excluding carboxylic acids is 1. The highest BCUT2D eigenvalue weighted by Gasteiger charge is 2.41. The van der Waals surface area contributed by atoms with Gasteiger partial charge in [-0.15, -0.1) is 0 Å². The molecule has 1 aliphatic carbocycles. The van der Waals surface area contributed by atoms with Crippen LogP contribution in [0.4, 0.5) is 0 Å². The third-order valence-electron chi connectivity index (χ3n) is 4.22. The first-order valence-corrected chi connectivity index (χ1v) is 7.83. The molecular weight excluding hydrogens is 298 g/mol. The van der Waals surface area contributed by atoms with Crippen LogP contribution in [-0.2, 0) is 9.59 Å². The van der Waals surface area contributed by atoms with Crippen LogP contribution >= 0.6 is 0 Å². The monoisotopic (exact) mass is 321 g/mol. The van der Waals surface area contributed by atoms with Crippen LogP contribution in [0.15, 0.2) is 24.3 Å². The van der Waals surface area contributed by atoms with Crippen LogP contribution in [0.5, 0.6) is 11.5 Å². The summed E-state index contributed by atoms with van der Waals surface area (Å²) in [6.07, 6.45) is 2.76. The summed E-state index contributed by atoms with van der Waals surface area (Å²) in [6, 6.07) is 6.88. The van der Waals surface area contributed by atoms with Crippen molar-refractivity contribution in [2.75, 3.05) is 7.11 Å². The number of benzene rings is 1. The molecule has 0 spiro atoms. The second-order valence-corrected chi connectivity index (χ2v) is 5.87. The maximum atomic E-state index is 12.3. The van der Waals surface area contributed by atoms with Crippen molar-refractivity contribution in [2.24, 2.45) is 0 Å². The summed E-state index contributed by atoms with van der Waals surface area (Å²) in [4.78, 5) is 23.9. The van der Waals surface area contributed by atoms with E-state index in [-0.39, 0.29) is 0 Å². The van der Waals surface area contributed by atoms with E-state index in [1.54, 1.807) is 38.3 Å². The number of carbonyl (C=O) groups is 2. The number of methoxy groups -OCH3 is 1. The van der Waals surface area contributed by atoms with E-state index >= 15 is 0 Å². The molecule has 126 valence electrons. The Bertz CT molecular complexity index is 549. The molecule has 0 aliphatic heterocycles. The Morgan fingerprint density at radius 1 is 1.13 bits per heavy atom. The summed E-state index contributed by atoms with van der Waals surface area (Å²) in [5, 5.41) is 12.2. The molecule has 1 aromatic carbocycles. The lowest BCUT2D eigenvalue weighted by molar-refractivity contribution is -0.150. The minimum absolute atomic E-state index is 0.412. The van der Waals surface area contributed by atoms with Crippen molar-refractivity contribution in [3.63, 3.8) is 0 Å². The highest BCUT2D eigenvalue weighted by atomic mass is 16.5. The van der Waals surface area contributed by atoms with Crippen LogP contribution < -0.4 is 14.8 Å². The summed E-state index contributed by atoms with van der Waals surface area (Å²) in [6.45, 7) is 1.61. The lowest BCUT2D eigenvalue weighted by atomic mass is 9.81. The highest BCUT2D eigenvalue weighted by molar-refractivity contribution is 5.89. The van der Waals surface area contributed by atoms with Crippen LogP contribution in [0.3, 0.4) is 0 Å². The molecule has 0 heterocycles. The smallest absolute Gasteiger partial charge is 0.329 e. The van der Waals surface area contributed by atoms with E-state index in [1.165, 1.54) is 0 Å². The standard InChI is InChI=1S/C17H23NO5/c1-12(23-14-8-6-13(22-2)7-9-14)15(19)18-17(16(20)21)10-4-3-5-11-17/h6-9,12H,3-5,10-11H2,1-2H3,(H,18,19)(H,20,21)/t12-/m0/s1. The zero-order valence-corrected chi connectivity index (χ0v) is 13.5. The predicted molar refractivity (Wildman–Crippen MR) is 84.7 cm³/mol. The predicted octanol–water partition coefficient (Wildman–Crippen LogP) is 2.37. The van der Waals surface area contributed by atoms with E-state index in [9.17, 15) is 14.7 Å². The van der Waals surface area contributed by atoms with Gasteiger partial charge in [-0.25, -0.2) is 4.79 Å². The van der Waals surface area contributed by atoms with Crippen molar-refractivity contribution in [3.8, 4) is 11.5 Å². The maximum Gasteiger partial charge on any atom is 0.329 e. The molecule has 0 aromatic heterocycles. The van der Waals surface area contributed by atoms with E-state index in [4.69, 9.17) is 9.47 Å². The van der Waals surface area contributed by atoms with Gasteiger partial charge in [-0.05, 0) is 44.0 Å². The molecule has 1 aromatic rings. The molecule has 23 heavy (non-hydrogen) atoms. The lowest BCUT2D eigenvalue weighted by Crippen LogP contribution is -2.58. The Hall–Kier alpha value is -2.24. The SMILES string of the molecule is COc1ccc(O[C@@H](C)C(=O)NC2(C(=O)O)CCCCC2)cc1. The lowest BCUT2D eigenvalue weighted by Gasteiger charge is -2.34. The fourth-order valence-corrected chi connectivity index (χ4v) is 2.80. The molecule has 1 amide bonds. The van der Waals surface area contributed by atoms with Crippen molar-refractivity contribution in [3.05, 3.63) is 24.3 Å². The van der Waals surface area contributed by atoms with Gasteiger partial charge in [-0.3, -0.25) is 4.79 Å². The Balaban J connectivity index is 1.99. The van der Waals surface area contributed by atoms with Gasteiger partial charge in [-0.2, -0.15) is 0 Å². The summed E-state index contributed by atoms with van der Waals surface area (Å²) in [5.74, 6) is -0.157. The molecule has 0 radical (unpaired) electrons. The van der Waals surface area contributed by atoms with Gasteiger partial charge in [-0.1, -0.05) is 19.3 Å². The van der Waals surface area contributed by atoms with E-state index in [0.717, 1.165) is 19.3 Å². The molecule has 1 fully saturated rings. The van der Waals surface area contributed by atoms with E-state index in [0.29, 0.717) is 24.3 Å². The Labute approximate surface area is 135 Å². The number of hydrogen-bond acceptors (Lipinski definition) is 4. The van der Waals surface area contributed by atoms with Crippen LogP contribution in [-0.4, -0.2) is 35.7 Å². The number of ether oxygens (including phenoxy) is 2. The largest absolute Gasteiger partial charge is 0.497 e. The molecule has 6 nitrogen and oxygen atoms in total. The fraction of sp³-hybridized carbons (Fsp3) is 0.529. The molecule has 6 heteroatoms. The zero-order valence-electron chi connectivity index (χ0n) is 13.5. The fourth-order valence-electron chi connectivity index (χ4n) is 2.80. The van der Waals surface area contributed by atoms with Gasteiger partial charge < -0.3 is 19.9 Å². The summed E-state index contributed by atoms with van der Waals surface area (Å²) in [7, 11) is 1.57. The van der Waals surface area contributed by atoms with Crippen molar-refractivity contribution in [1.29, 1.82) is 0 Å². The average Bonchev–Trinajstić information content (AvgIpc) is 2.56. The first kappa shape index (κ1) is 17.1. The summed E-state index contributed by atoms with van der Waals surface area (Å²) >= 11 is 0. The minimum atomic E-state index is -1.16. The van der Waals surface area contributed by atoms with Crippen molar-refractivity contribution >= 4 is 11.9 Å². The molecule has 0 unspecified atom stereocenters. The first-order valence-electron chi connectivity index (χ1n) is 7.83. The second kappa shape index (κ2) is 7.35. The van der Waals surface area contributed by atoms with Crippen LogP contribution in [0.1, 0.15) is 39.0 Å². The van der Waals surface area contributed by atoms with E-state index in [1.807, 2.05) is 0 Å². The number of rotatable bonds is 6. The number of aliphatic carboxylic acids is 1. The summed E-state index contributed by atoms with van der Waals surface area (Å²) < 4.78 is 10.6. The molecule has 1 saturated carbocycles. The van der Waals surface area contributed by atoms with Crippen molar-refractivity contribution in [2.45, 2.75) is 50.7 Å². The van der Waals surface area contributed by atoms with Gasteiger partial charge in [0.2, 0.25) is 0 Å². The zero-order chi connectivity index (χ0) is 16.9. The molecule has 1 atom stereocenters. The number of nitrogens with one attached hydrogen (secondary N) is 1. The topological polar surface area (TPSA) is 84.9 Å². The van der Waals surface area contributed by atoms with Gasteiger partial charge in [0.1, 0.15) is 17.0 Å². The number of carboxylic acid groups (broad SMARTS) is 1. The Kier molecular flexibility index (Phi) is 5.47. The van der Waals surface area contributed by atoms with Gasteiger partial charge in [0.25, 0.3) is 5.91 Å². The van der Waals surface area contributed by atoms with E-state index in [2.05, 4.69) is 5.32 Å². The maximum absolute atomic E-state index is 12.3. The van der Waals surface area contributed by atoms with Gasteiger partial charge >= 0.3 is 5.97 Å². The van der Waals surface area contributed by atoms with Gasteiger partial charge in [0.05, 0.1) is 7.11 Å². The number of hydrogen-bond donors (Lipinski definition) is 2. The summed E-state index contributed by atoms with van der Waals surface area (Å²) in [5.41, 5.74) is -1.16. The first-order chi connectivity index (χ1) is 11.0. The van der Waals surface area contributed by atoms with Crippen LogP contribution in [0, 0.1) is 0 Å². The average molecular weight is 321 g/mol. The normalized spacial score (nSPS) is 17.8. The third-order valence-corrected chi connectivity index (χ3v) is 4.22. The molecule has 2 N–H and O–H groups in total. The molecule has 1 aliphatic rings. The molecular formula is C17H23NO5. The van der Waals surface area contributed by atoms with Crippen LogP contribution in [0.2, 0.25) is 0 Å².